The molecule has 0 spiro atoms. The third-order valence-electron chi connectivity index (χ3n) is 6.63. The van der Waals surface area contributed by atoms with E-state index in [0.29, 0.717) is 12.0 Å². The smallest absolute Gasteiger partial charge is 0.481 e. The molecule has 9 N–H and O–H groups in total. The monoisotopic (exact) mass is 674 g/mol. The summed E-state index contributed by atoms with van der Waals surface area (Å²) in [6.07, 6.45) is -1.78. The lowest BCUT2D eigenvalue weighted by atomic mass is 9.99. The number of nitrogens with one attached hydrogen (secondary N) is 4. The highest BCUT2D eigenvalue weighted by Crippen LogP contribution is 2.37. The number of carboxylic acids is 3. The molecule has 256 valence electrons. The lowest BCUT2D eigenvalue weighted by molar-refractivity contribution is -0.144. The zero-order chi connectivity index (χ0) is 35.2. The molecule has 0 aliphatic carbocycles. The fourth-order valence-corrected chi connectivity index (χ4v) is 4.45. The minimum atomic E-state index is -4.82. The van der Waals surface area contributed by atoms with E-state index in [1.807, 2.05) is 0 Å². The molecule has 46 heavy (non-hydrogen) atoms. The number of rotatable bonds is 20. The quantitative estimate of drug-likeness (QED) is 0.0790. The molecule has 0 aromatic heterocycles. The molecule has 0 saturated heterocycles. The van der Waals surface area contributed by atoms with E-state index in [1.165, 1.54) is 24.3 Å². The van der Waals surface area contributed by atoms with Crippen LogP contribution in [0.3, 0.4) is 0 Å². The first-order valence-corrected chi connectivity index (χ1v) is 15.5. The van der Waals surface area contributed by atoms with Crippen LogP contribution in [-0.2, 0) is 44.5 Å². The van der Waals surface area contributed by atoms with E-state index in [4.69, 9.17) is 14.9 Å². The SMILES string of the molecule is CC[C@H](C)[C@H](NC(=O)CC[C@H](NC(=O)[C@H](CCC(=O)O)NC(=O)[C@H](Cc1ccc(OP(=O)(O)O)cc1)NC(C)=O)C(=O)O)C(=O)O. The zero-order valence-corrected chi connectivity index (χ0v) is 26.2. The van der Waals surface area contributed by atoms with Gasteiger partial charge in [-0.05, 0) is 36.5 Å². The zero-order valence-electron chi connectivity index (χ0n) is 25.3. The van der Waals surface area contributed by atoms with Crippen LogP contribution < -0.4 is 25.8 Å². The maximum Gasteiger partial charge on any atom is 0.524 e. The van der Waals surface area contributed by atoms with Crippen molar-refractivity contribution >= 4 is 49.4 Å². The number of amides is 4. The van der Waals surface area contributed by atoms with E-state index < -0.39 is 105 Å². The molecule has 0 heterocycles. The van der Waals surface area contributed by atoms with Crippen LogP contribution in [0.5, 0.6) is 5.75 Å². The Hall–Kier alpha value is -4.54. The van der Waals surface area contributed by atoms with E-state index >= 15 is 0 Å². The fourth-order valence-electron chi connectivity index (χ4n) is 4.06. The first-order valence-electron chi connectivity index (χ1n) is 14.0. The van der Waals surface area contributed by atoms with Crippen molar-refractivity contribution in [3.05, 3.63) is 29.8 Å². The van der Waals surface area contributed by atoms with Gasteiger partial charge in [-0.3, -0.25) is 33.8 Å². The summed E-state index contributed by atoms with van der Waals surface area (Å²) in [5.74, 6) is -8.20. The van der Waals surface area contributed by atoms with Gasteiger partial charge < -0.3 is 41.1 Å². The predicted molar refractivity (Wildman–Crippen MR) is 157 cm³/mol. The predicted octanol–water partition coefficient (Wildman–Crippen LogP) is -0.480. The van der Waals surface area contributed by atoms with Gasteiger partial charge in [-0.25, -0.2) is 14.2 Å². The van der Waals surface area contributed by atoms with Crippen molar-refractivity contribution in [2.75, 3.05) is 0 Å². The highest BCUT2D eigenvalue weighted by atomic mass is 31.2. The van der Waals surface area contributed by atoms with Crippen molar-refractivity contribution in [1.82, 2.24) is 21.3 Å². The van der Waals surface area contributed by atoms with Crippen molar-refractivity contribution in [2.24, 2.45) is 5.92 Å². The number of carboxylic acid groups (broad SMARTS) is 3. The van der Waals surface area contributed by atoms with Crippen molar-refractivity contribution in [1.29, 1.82) is 0 Å². The van der Waals surface area contributed by atoms with Gasteiger partial charge in [0.05, 0.1) is 0 Å². The van der Waals surface area contributed by atoms with Crippen molar-refractivity contribution in [2.45, 2.75) is 83.5 Å². The second-order valence-corrected chi connectivity index (χ2v) is 11.5. The standard InChI is InChI=1S/C27H39N4O14P/c1-4-14(2)23(27(40)41)31-21(33)11-9-19(26(38)39)30-24(36)18(10-12-22(34)35)29-25(37)20(28-15(3)32)13-16-5-7-17(8-6-16)45-46(42,43)44/h5-8,14,18-20,23H,4,9-13H2,1-3H3,(H,28,32)(H,29,37)(H,30,36)(H,31,33)(H,34,35)(H,38,39)(H,40,41)(H2,42,43,44)/t14-,18-,19-,20-,23-/m0/s1. The number of phosphoric acid groups is 1. The average Bonchev–Trinajstić information content (AvgIpc) is 2.94. The maximum atomic E-state index is 13.2. The van der Waals surface area contributed by atoms with Gasteiger partial charge in [-0.2, -0.15) is 0 Å². The van der Waals surface area contributed by atoms with Crippen LogP contribution in [-0.4, -0.2) is 90.8 Å². The molecule has 1 rings (SSSR count). The second-order valence-electron chi connectivity index (χ2n) is 10.4. The number of benzene rings is 1. The minimum Gasteiger partial charge on any atom is -0.481 e. The number of hydrogen-bond acceptors (Lipinski definition) is 9. The van der Waals surface area contributed by atoms with Crippen LogP contribution in [0.15, 0.2) is 24.3 Å². The van der Waals surface area contributed by atoms with Crippen LogP contribution in [0.1, 0.15) is 58.4 Å². The molecule has 5 atom stereocenters. The third-order valence-corrected chi connectivity index (χ3v) is 7.08. The Labute approximate surface area is 263 Å². The molecule has 1 aromatic rings. The van der Waals surface area contributed by atoms with Gasteiger partial charge in [0.2, 0.25) is 23.6 Å². The van der Waals surface area contributed by atoms with Crippen LogP contribution in [0.4, 0.5) is 0 Å². The second kappa shape index (κ2) is 18.4. The highest BCUT2D eigenvalue weighted by molar-refractivity contribution is 7.46. The van der Waals surface area contributed by atoms with Gasteiger partial charge in [0.1, 0.15) is 29.9 Å². The molecule has 1 aromatic carbocycles. The minimum absolute atomic E-state index is 0.175. The average molecular weight is 675 g/mol. The lowest BCUT2D eigenvalue weighted by Gasteiger charge is -2.24. The van der Waals surface area contributed by atoms with Crippen molar-refractivity contribution < 1.29 is 67.8 Å². The van der Waals surface area contributed by atoms with E-state index in [0.717, 1.165) is 6.92 Å². The third kappa shape index (κ3) is 15.0. The molecule has 0 radical (unpaired) electrons. The van der Waals surface area contributed by atoms with Gasteiger partial charge in [0.25, 0.3) is 0 Å². The first-order chi connectivity index (χ1) is 21.3. The molecule has 0 aliphatic heterocycles. The summed E-state index contributed by atoms with van der Waals surface area (Å²) in [5.41, 5.74) is 0.390. The van der Waals surface area contributed by atoms with Gasteiger partial charge in [-0.1, -0.05) is 32.4 Å². The molecular formula is C27H39N4O14P. The Kier molecular flexibility index (Phi) is 15.8. The lowest BCUT2D eigenvalue weighted by Crippen LogP contribution is -2.56. The molecule has 0 saturated carbocycles. The van der Waals surface area contributed by atoms with Gasteiger partial charge in [-0.15, -0.1) is 0 Å². The number of carbonyl (C=O) groups excluding carboxylic acids is 4. The topological polar surface area (TPSA) is 295 Å². The van der Waals surface area contributed by atoms with Gasteiger partial charge in [0.15, 0.2) is 0 Å². The number of aliphatic carboxylic acids is 3. The molecule has 4 amide bonds. The normalized spacial score (nSPS) is 14.4. The summed E-state index contributed by atoms with van der Waals surface area (Å²) in [7, 11) is -4.82. The van der Waals surface area contributed by atoms with Gasteiger partial charge in [0, 0.05) is 26.2 Å². The molecule has 18 nitrogen and oxygen atoms in total. The van der Waals surface area contributed by atoms with Crippen LogP contribution in [0.2, 0.25) is 0 Å². The van der Waals surface area contributed by atoms with Crippen LogP contribution in [0, 0.1) is 5.92 Å². The molecule has 0 fully saturated rings. The van der Waals surface area contributed by atoms with E-state index in [9.17, 15) is 48.3 Å². The first kappa shape index (κ1) is 39.5. The summed E-state index contributed by atoms with van der Waals surface area (Å²) < 4.78 is 15.5. The molecular weight excluding hydrogens is 635 g/mol. The molecule has 0 unspecified atom stereocenters. The van der Waals surface area contributed by atoms with Crippen LogP contribution in [0.25, 0.3) is 0 Å². The number of hydrogen-bond donors (Lipinski definition) is 9. The Balaban J connectivity index is 3.06. The van der Waals surface area contributed by atoms with E-state index in [2.05, 4.69) is 25.8 Å². The molecule has 19 heteroatoms. The van der Waals surface area contributed by atoms with Crippen molar-refractivity contribution in [3.63, 3.8) is 0 Å². The largest absolute Gasteiger partial charge is 0.524 e. The Morgan fingerprint density at radius 2 is 1.33 bits per heavy atom. The van der Waals surface area contributed by atoms with E-state index in [-0.39, 0.29) is 12.2 Å². The maximum absolute atomic E-state index is 13.2. The van der Waals surface area contributed by atoms with Crippen LogP contribution >= 0.6 is 7.82 Å². The Morgan fingerprint density at radius 1 is 0.783 bits per heavy atom. The molecule has 0 bridgehead atoms. The molecule has 0 aliphatic rings. The Morgan fingerprint density at radius 3 is 1.80 bits per heavy atom. The number of carbonyl (C=O) groups is 7. The number of phosphoric ester groups is 1. The summed E-state index contributed by atoms with van der Waals surface area (Å²) in [5, 5.41) is 37.3. The summed E-state index contributed by atoms with van der Waals surface area (Å²) >= 11 is 0. The fraction of sp³-hybridized carbons (Fsp3) is 0.519. The Bertz CT molecular complexity index is 1320. The summed E-state index contributed by atoms with van der Waals surface area (Å²) in [6, 6.07) is -0.664. The summed E-state index contributed by atoms with van der Waals surface area (Å²) in [6.45, 7) is 4.45. The van der Waals surface area contributed by atoms with Crippen molar-refractivity contribution in [3.8, 4) is 5.75 Å². The van der Waals surface area contributed by atoms with Gasteiger partial charge >= 0.3 is 25.7 Å². The van der Waals surface area contributed by atoms with E-state index in [1.54, 1.807) is 13.8 Å². The summed E-state index contributed by atoms with van der Waals surface area (Å²) in [4.78, 5) is 103. The highest BCUT2D eigenvalue weighted by Gasteiger charge is 2.31.